The number of allylic oxidation sites excluding steroid dienone is 1. The molecule has 5 rings (SSSR count). The Morgan fingerprint density at radius 1 is 1.17 bits per heavy atom. The van der Waals surface area contributed by atoms with Gasteiger partial charge in [0, 0.05) is 30.1 Å². The largest absolute Gasteiger partial charge is 0.454 e. The number of fused-ring (bicyclic) bond motifs is 5. The van der Waals surface area contributed by atoms with Gasteiger partial charge in [-0.2, -0.15) is 0 Å². The summed E-state index contributed by atoms with van der Waals surface area (Å²) in [5.74, 6) is 0.375. The van der Waals surface area contributed by atoms with Crippen molar-refractivity contribution >= 4 is 11.8 Å². The van der Waals surface area contributed by atoms with Gasteiger partial charge in [0.2, 0.25) is 0 Å². The second-order valence-corrected chi connectivity index (χ2v) is 13.8. The Labute approximate surface area is 216 Å². The summed E-state index contributed by atoms with van der Waals surface area (Å²) in [4.78, 5) is 26.9. The zero-order valence-corrected chi connectivity index (χ0v) is 23.1. The van der Waals surface area contributed by atoms with Gasteiger partial charge in [0.1, 0.15) is 0 Å². The first kappa shape index (κ1) is 26.4. The quantitative estimate of drug-likeness (QED) is 0.437. The second-order valence-electron chi connectivity index (χ2n) is 13.8. The van der Waals surface area contributed by atoms with E-state index in [1.807, 2.05) is 6.92 Å². The fraction of sp³-hybridized carbons (Fsp3) is 0.867. The third-order valence-electron chi connectivity index (χ3n) is 11.8. The van der Waals surface area contributed by atoms with Gasteiger partial charge in [-0.1, -0.05) is 39.3 Å². The van der Waals surface area contributed by atoms with Crippen molar-refractivity contribution in [3.05, 3.63) is 11.6 Å². The average Bonchev–Trinajstić information content (AvgIpc) is 3.27. The molecule has 6 nitrogen and oxygen atoms in total. The minimum absolute atomic E-state index is 0.0300. The molecule has 0 unspecified atom stereocenters. The highest BCUT2D eigenvalue weighted by Crippen LogP contribution is 2.67. The first-order chi connectivity index (χ1) is 16.7. The van der Waals surface area contributed by atoms with Crippen molar-refractivity contribution < 1.29 is 29.3 Å². The smallest absolute Gasteiger partial charge is 0.303 e. The number of Topliss-reactive ketones (excluding diaryl/α,β-unsaturated/α-hetero) is 1. The van der Waals surface area contributed by atoms with Crippen LogP contribution in [0.3, 0.4) is 0 Å². The normalized spacial score (nSPS) is 50.5. The summed E-state index contributed by atoms with van der Waals surface area (Å²) in [7, 11) is 0. The van der Waals surface area contributed by atoms with E-state index >= 15 is 0 Å². The lowest BCUT2D eigenvalue weighted by Crippen LogP contribution is -2.65. The summed E-state index contributed by atoms with van der Waals surface area (Å²) in [6.45, 7) is 14.4. The van der Waals surface area contributed by atoms with Crippen molar-refractivity contribution in [1.29, 1.82) is 0 Å². The van der Waals surface area contributed by atoms with Gasteiger partial charge in [0.05, 0.1) is 23.9 Å². The lowest BCUT2D eigenvalue weighted by molar-refractivity contribution is -0.193. The van der Waals surface area contributed by atoms with Crippen LogP contribution < -0.4 is 0 Å². The van der Waals surface area contributed by atoms with E-state index in [-0.39, 0.29) is 47.6 Å². The van der Waals surface area contributed by atoms with Crippen LogP contribution in [-0.4, -0.2) is 52.0 Å². The molecule has 0 aromatic rings. The molecule has 0 spiro atoms. The van der Waals surface area contributed by atoms with Crippen LogP contribution in [0.5, 0.6) is 0 Å². The Kier molecular flexibility index (Phi) is 6.33. The van der Waals surface area contributed by atoms with Gasteiger partial charge < -0.3 is 19.7 Å². The minimum atomic E-state index is -0.821. The molecule has 36 heavy (non-hydrogen) atoms. The van der Waals surface area contributed by atoms with E-state index in [1.165, 1.54) is 6.92 Å². The molecule has 1 aliphatic heterocycles. The maximum absolute atomic E-state index is 14.5. The van der Waals surface area contributed by atoms with E-state index in [2.05, 4.69) is 40.7 Å². The van der Waals surface area contributed by atoms with E-state index in [4.69, 9.17) is 9.47 Å². The van der Waals surface area contributed by atoms with Gasteiger partial charge in [-0.25, -0.2) is 0 Å². The van der Waals surface area contributed by atoms with Gasteiger partial charge in [-0.05, 0) is 75.5 Å². The van der Waals surface area contributed by atoms with Crippen LogP contribution in [0, 0.1) is 46.3 Å². The third-order valence-corrected chi connectivity index (χ3v) is 11.8. The molecular weight excluding hydrogens is 456 g/mol. The Balaban J connectivity index is 1.54. The van der Waals surface area contributed by atoms with Crippen LogP contribution in [0.1, 0.15) is 87.0 Å². The standard InChI is InChI=1S/C30H46O6/c1-15-12-23(36-28(15,4)5)16(2)21-10-11-22-20-9-8-18-13-19(32)14-24(33)29(18,6)25(20)26(34)27(30(21,22)7)35-17(3)31/h8,15-16,19-25,27,32-33H,9-14H2,1-7H3/t15-,16+,19-,20+,21-,22+,23+,24-,25-,27-,29-,30-/m1/s1. The zero-order chi connectivity index (χ0) is 26.4. The predicted molar refractivity (Wildman–Crippen MR) is 136 cm³/mol. The number of ether oxygens (including phenoxy) is 2. The first-order valence-corrected chi connectivity index (χ1v) is 14.2. The van der Waals surface area contributed by atoms with Crippen molar-refractivity contribution in [3.63, 3.8) is 0 Å². The van der Waals surface area contributed by atoms with Gasteiger partial charge >= 0.3 is 5.97 Å². The van der Waals surface area contributed by atoms with Gasteiger partial charge in [-0.3, -0.25) is 9.59 Å². The van der Waals surface area contributed by atoms with Crippen molar-refractivity contribution in [1.82, 2.24) is 0 Å². The van der Waals surface area contributed by atoms with Crippen LogP contribution in [0.25, 0.3) is 0 Å². The van der Waals surface area contributed by atoms with Gasteiger partial charge in [-0.15, -0.1) is 0 Å². The number of aliphatic hydroxyl groups excluding tert-OH is 2. The molecule has 1 saturated heterocycles. The molecule has 202 valence electrons. The minimum Gasteiger partial charge on any atom is -0.454 e. The number of esters is 1. The zero-order valence-electron chi connectivity index (χ0n) is 23.1. The number of ketones is 1. The number of hydrogen-bond donors (Lipinski definition) is 2. The number of aliphatic hydroxyl groups is 2. The molecule has 1 heterocycles. The lowest BCUT2D eigenvalue weighted by atomic mass is 9.45. The Hall–Kier alpha value is -1.24. The van der Waals surface area contributed by atoms with E-state index in [0.29, 0.717) is 12.3 Å². The van der Waals surface area contributed by atoms with Crippen molar-refractivity contribution in [2.45, 2.75) is 117 Å². The molecule has 4 aliphatic carbocycles. The summed E-state index contributed by atoms with van der Waals surface area (Å²) in [5, 5.41) is 21.6. The maximum atomic E-state index is 14.5. The molecule has 0 aromatic carbocycles. The molecular formula is C30H46O6. The van der Waals surface area contributed by atoms with Crippen LogP contribution >= 0.6 is 0 Å². The molecule has 2 N–H and O–H groups in total. The number of rotatable bonds is 3. The van der Waals surface area contributed by atoms with Crippen molar-refractivity contribution in [2.24, 2.45) is 46.3 Å². The van der Waals surface area contributed by atoms with Gasteiger partial charge in [0.15, 0.2) is 11.9 Å². The highest BCUT2D eigenvalue weighted by Gasteiger charge is 2.69. The maximum Gasteiger partial charge on any atom is 0.303 e. The van der Waals surface area contributed by atoms with E-state index < -0.39 is 41.0 Å². The Morgan fingerprint density at radius 2 is 1.86 bits per heavy atom. The topological polar surface area (TPSA) is 93.1 Å². The molecule has 0 aromatic heterocycles. The Bertz CT molecular complexity index is 955. The van der Waals surface area contributed by atoms with Crippen LogP contribution in [-0.2, 0) is 19.1 Å². The number of carbonyl (C=O) groups excluding carboxylic acids is 2. The van der Waals surface area contributed by atoms with Crippen molar-refractivity contribution in [2.75, 3.05) is 0 Å². The molecule has 0 amide bonds. The monoisotopic (exact) mass is 502 g/mol. The van der Waals surface area contributed by atoms with E-state index in [1.54, 1.807) is 0 Å². The van der Waals surface area contributed by atoms with Gasteiger partial charge in [0.25, 0.3) is 0 Å². The molecule has 0 bridgehead atoms. The average molecular weight is 503 g/mol. The molecule has 4 fully saturated rings. The molecule has 3 saturated carbocycles. The second kappa shape index (κ2) is 8.64. The predicted octanol–water partition coefficient (Wildman–Crippen LogP) is 4.46. The number of carbonyl (C=O) groups is 2. The highest BCUT2D eigenvalue weighted by molar-refractivity contribution is 5.91. The summed E-state index contributed by atoms with van der Waals surface area (Å²) in [5.41, 5.74) is -0.367. The fourth-order valence-electron chi connectivity index (χ4n) is 9.48. The molecule has 5 aliphatic rings. The van der Waals surface area contributed by atoms with Crippen LogP contribution in [0.2, 0.25) is 0 Å². The Morgan fingerprint density at radius 3 is 2.47 bits per heavy atom. The van der Waals surface area contributed by atoms with Crippen LogP contribution in [0.4, 0.5) is 0 Å². The molecule has 12 atom stereocenters. The molecule has 6 heteroatoms. The van der Waals surface area contributed by atoms with E-state index in [9.17, 15) is 19.8 Å². The fourth-order valence-corrected chi connectivity index (χ4v) is 9.48. The highest BCUT2D eigenvalue weighted by atomic mass is 16.5. The summed E-state index contributed by atoms with van der Waals surface area (Å²) < 4.78 is 12.5. The lowest BCUT2D eigenvalue weighted by Gasteiger charge is -2.60. The van der Waals surface area contributed by atoms with E-state index in [0.717, 1.165) is 31.3 Å². The summed E-state index contributed by atoms with van der Waals surface area (Å²) in [6.07, 6.45) is 4.65. The SMILES string of the molecule is CC(=O)O[C@@H]1C(=O)[C@H]2[C@@H](CC=C3C[C@@H](O)C[C@@H](O)[C@@]32C)[C@@H]2CC[C@H]([C@H](C)[C@@H]3C[C@@H](C)C(C)(C)O3)[C@@]12C. The van der Waals surface area contributed by atoms with Crippen LogP contribution in [0.15, 0.2) is 11.6 Å². The summed E-state index contributed by atoms with van der Waals surface area (Å²) >= 11 is 0. The first-order valence-electron chi connectivity index (χ1n) is 14.2. The number of hydrogen-bond acceptors (Lipinski definition) is 6. The summed E-state index contributed by atoms with van der Waals surface area (Å²) in [6, 6.07) is 0. The molecule has 0 radical (unpaired) electrons. The van der Waals surface area contributed by atoms with Crippen molar-refractivity contribution in [3.8, 4) is 0 Å². The third kappa shape index (κ3) is 3.60.